The number of ether oxygens (including phenoxy) is 2. The fourth-order valence-corrected chi connectivity index (χ4v) is 5.15. The maximum absolute atomic E-state index is 13.5. The van der Waals surface area contributed by atoms with Gasteiger partial charge >= 0.3 is 0 Å². The predicted molar refractivity (Wildman–Crippen MR) is 141 cm³/mol. The Morgan fingerprint density at radius 1 is 1.00 bits per heavy atom. The molecule has 0 heterocycles. The highest BCUT2D eigenvalue weighted by molar-refractivity contribution is 7.89. The number of benzene rings is 3. The summed E-state index contributed by atoms with van der Waals surface area (Å²) >= 11 is 12.0. The first-order chi connectivity index (χ1) is 17.2. The molecule has 3 aromatic carbocycles. The second-order valence-corrected chi connectivity index (χ2v) is 10.3. The van der Waals surface area contributed by atoms with E-state index in [9.17, 15) is 13.2 Å². The van der Waals surface area contributed by atoms with Crippen LogP contribution in [0.25, 0.3) is 0 Å². The van der Waals surface area contributed by atoms with Crippen LogP contribution in [0.5, 0.6) is 11.5 Å². The first kappa shape index (κ1) is 27.5. The number of amides is 1. The number of hydrogen-bond donors (Lipinski definition) is 1. The number of halogens is 2. The minimum Gasteiger partial charge on any atom is -0.493 e. The van der Waals surface area contributed by atoms with Gasteiger partial charge in [0.25, 0.3) is 5.91 Å². The van der Waals surface area contributed by atoms with Gasteiger partial charge in [0, 0.05) is 23.2 Å². The van der Waals surface area contributed by atoms with Crippen LogP contribution in [0.3, 0.4) is 0 Å². The van der Waals surface area contributed by atoms with Crippen LogP contribution in [-0.4, -0.2) is 52.2 Å². The third-order valence-electron chi connectivity index (χ3n) is 5.16. The molecule has 0 fully saturated rings. The first-order valence-corrected chi connectivity index (χ1v) is 13.0. The Labute approximate surface area is 220 Å². The zero-order chi connectivity index (χ0) is 26.1. The Hall–Kier alpha value is -3.11. The van der Waals surface area contributed by atoms with Crippen molar-refractivity contribution < 1.29 is 22.7 Å². The Kier molecular flexibility index (Phi) is 9.72. The van der Waals surface area contributed by atoms with Crippen LogP contribution in [0.1, 0.15) is 11.1 Å². The molecule has 3 rings (SSSR count). The summed E-state index contributed by atoms with van der Waals surface area (Å²) in [5.41, 5.74) is 3.83. The lowest BCUT2D eigenvalue weighted by molar-refractivity contribution is -0.121. The summed E-state index contributed by atoms with van der Waals surface area (Å²) in [5, 5.41) is 4.73. The van der Waals surface area contributed by atoms with Crippen LogP contribution in [0.4, 0.5) is 0 Å². The number of hydrazone groups is 1. The molecule has 0 aliphatic heterocycles. The minimum absolute atomic E-state index is 0.0301. The normalized spacial score (nSPS) is 11.6. The van der Waals surface area contributed by atoms with Gasteiger partial charge in [-0.2, -0.15) is 9.41 Å². The molecule has 0 saturated heterocycles. The summed E-state index contributed by atoms with van der Waals surface area (Å²) in [6.07, 6.45) is 1.76. The molecule has 0 atom stereocenters. The molecule has 0 spiro atoms. The van der Waals surface area contributed by atoms with Gasteiger partial charge in [0.15, 0.2) is 11.5 Å². The van der Waals surface area contributed by atoms with Gasteiger partial charge < -0.3 is 9.47 Å². The molecule has 8 nitrogen and oxygen atoms in total. The second-order valence-electron chi connectivity index (χ2n) is 7.55. The third-order valence-corrected chi connectivity index (χ3v) is 7.56. The van der Waals surface area contributed by atoms with Gasteiger partial charge in [-0.1, -0.05) is 59.6 Å². The molecule has 11 heteroatoms. The molecule has 0 aromatic heterocycles. The van der Waals surface area contributed by atoms with Crippen molar-refractivity contribution in [1.82, 2.24) is 9.73 Å². The average molecular weight is 550 g/mol. The Bertz CT molecular complexity index is 1330. The van der Waals surface area contributed by atoms with E-state index in [2.05, 4.69) is 10.5 Å². The quantitative estimate of drug-likeness (QED) is 0.282. The topological polar surface area (TPSA) is 97.3 Å². The lowest BCUT2D eigenvalue weighted by Crippen LogP contribution is -2.40. The van der Waals surface area contributed by atoms with E-state index in [-0.39, 0.29) is 17.2 Å². The van der Waals surface area contributed by atoms with E-state index in [0.29, 0.717) is 27.8 Å². The van der Waals surface area contributed by atoms with E-state index in [0.717, 1.165) is 9.87 Å². The molecule has 1 amide bonds. The molecule has 36 heavy (non-hydrogen) atoms. The molecule has 190 valence electrons. The van der Waals surface area contributed by atoms with E-state index < -0.39 is 22.5 Å². The molecule has 0 bridgehead atoms. The fourth-order valence-electron chi connectivity index (χ4n) is 3.28. The number of nitrogens with one attached hydrogen (secondary N) is 1. The fraction of sp³-hybridized carbons (Fsp3) is 0.200. The number of nitrogens with zero attached hydrogens (tertiary/aromatic N) is 2. The lowest BCUT2D eigenvalue weighted by atomic mass is 10.1. The van der Waals surface area contributed by atoms with Crippen molar-refractivity contribution in [2.24, 2.45) is 5.10 Å². The van der Waals surface area contributed by atoms with Gasteiger partial charge in [0.05, 0.1) is 36.9 Å². The van der Waals surface area contributed by atoms with Gasteiger partial charge in [-0.15, -0.1) is 0 Å². The third kappa shape index (κ3) is 7.20. The van der Waals surface area contributed by atoms with Crippen LogP contribution in [0.2, 0.25) is 10.0 Å². The van der Waals surface area contributed by atoms with Gasteiger partial charge in [0.1, 0.15) is 0 Å². The predicted octanol–water partition coefficient (Wildman–Crippen LogP) is 4.39. The maximum Gasteiger partial charge on any atom is 0.255 e. The van der Waals surface area contributed by atoms with Crippen LogP contribution < -0.4 is 14.9 Å². The van der Waals surface area contributed by atoms with E-state index in [1.54, 1.807) is 18.2 Å². The summed E-state index contributed by atoms with van der Waals surface area (Å²) in [6.45, 7) is -0.379. The zero-order valence-electron chi connectivity index (χ0n) is 19.6. The summed E-state index contributed by atoms with van der Waals surface area (Å²) in [4.78, 5) is 12.6. The maximum atomic E-state index is 13.5. The van der Waals surface area contributed by atoms with Crippen LogP contribution >= 0.6 is 23.2 Å². The van der Waals surface area contributed by atoms with Crippen LogP contribution in [-0.2, 0) is 21.2 Å². The SMILES string of the molecule is COc1ccc(S(=O)(=O)N(CCc2ccccc2)CC(=O)N/N=C\c2ccc(Cl)cc2Cl)cc1OC. The average Bonchev–Trinajstić information content (AvgIpc) is 2.87. The summed E-state index contributed by atoms with van der Waals surface area (Å²) in [6, 6.07) is 18.5. The van der Waals surface area contributed by atoms with Gasteiger partial charge in [-0.25, -0.2) is 13.8 Å². The van der Waals surface area contributed by atoms with Gasteiger partial charge in [-0.05, 0) is 36.2 Å². The molecule has 0 aliphatic carbocycles. The zero-order valence-corrected chi connectivity index (χ0v) is 22.0. The highest BCUT2D eigenvalue weighted by Gasteiger charge is 2.27. The van der Waals surface area contributed by atoms with Crippen molar-refractivity contribution in [2.45, 2.75) is 11.3 Å². The van der Waals surface area contributed by atoms with Crippen molar-refractivity contribution in [1.29, 1.82) is 0 Å². The number of rotatable bonds is 11. The van der Waals surface area contributed by atoms with Crippen molar-refractivity contribution in [3.63, 3.8) is 0 Å². The summed E-state index contributed by atoms with van der Waals surface area (Å²) < 4.78 is 38.6. The number of hydrogen-bond acceptors (Lipinski definition) is 6. The molecule has 3 aromatic rings. The second kappa shape index (κ2) is 12.7. The Balaban J connectivity index is 1.81. The highest BCUT2D eigenvalue weighted by atomic mass is 35.5. The number of sulfonamides is 1. The Morgan fingerprint density at radius 3 is 2.39 bits per heavy atom. The molecule has 0 radical (unpaired) electrons. The highest BCUT2D eigenvalue weighted by Crippen LogP contribution is 2.30. The smallest absolute Gasteiger partial charge is 0.255 e. The van der Waals surface area contributed by atoms with Crippen LogP contribution in [0, 0.1) is 0 Å². The number of methoxy groups -OCH3 is 2. The molecule has 1 N–H and O–H groups in total. The van der Waals surface area contributed by atoms with E-state index in [1.807, 2.05) is 30.3 Å². The van der Waals surface area contributed by atoms with Crippen molar-refractivity contribution >= 4 is 45.3 Å². The van der Waals surface area contributed by atoms with Crippen molar-refractivity contribution in [3.8, 4) is 11.5 Å². The van der Waals surface area contributed by atoms with E-state index >= 15 is 0 Å². The molecule has 0 unspecified atom stereocenters. The molecular weight excluding hydrogens is 525 g/mol. The summed E-state index contributed by atoms with van der Waals surface area (Å²) in [5.74, 6) is 0.0316. The minimum atomic E-state index is -4.06. The Morgan fingerprint density at radius 2 is 1.72 bits per heavy atom. The standard InChI is InChI=1S/C25H25Cl2N3O5S/c1-34-23-11-10-21(15-24(23)35-2)36(32,33)30(13-12-18-6-4-3-5-7-18)17-25(31)29-28-16-19-8-9-20(26)14-22(19)27/h3-11,14-16H,12-13,17H2,1-2H3,(H,29,31)/b28-16-. The molecule has 0 aliphatic rings. The lowest BCUT2D eigenvalue weighted by Gasteiger charge is -2.22. The van der Waals surface area contributed by atoms with Crippen LogP contribution in [0.15, 0.2) is 76.7 Å². The van der Waals surface area contributed by atoms with E-state index in [1.165, 1.54) is 38.6 Å². The van der Waals surface area contributed by atoms with E-state index in [4.69, 9.17) is 32.7 Å². The molecule has 0 saturated carbocycles. The van der Waals surface area contributed by atoms with Gasteiger partial charge in [-0.3, -0.25) is 4.79 Å². The van der Waals surface area contributed by atoms with Crippen molar-refractivity contribution in [2.75, 3.05) is 27.3 Å². The first-order valence-electron chi connectivity index (χ1n) is 10.8. The molecular formula is C25H25Cl2N3O5S. The number of carbonyl (C=O) groups is 1. The largest absolute Gasteiger partial charge is 0.493 e. The monoisotopic (exact) mass is 549 g/mol. The van der Waals surface area contributed by atoms with Gasteiger partial charge in [0.2, 0.25) is 10.0 Å². The number of carbonyl (C=O) groups excluding carboxylic acids is 1. The van der Waals surface area contributed by atoms with Crippen molar-refractivity contribution in [3.05, 3.63) is 87.9 Å². The summed E-state index contributed by atoms with van der Waals surface area (Å²) in [7, 11) is -1.19.